The van der Waals surface area contributed by atoms with E-state index in [9.17, 15) is 9.59 Å². The highest BCUT2D eigenvalue weighted by atomic mass is 16.2. The van der Waals surface area contributed by atoms with Gasteiger partial charge in [0.1, 0.15) is 0 Å². The summed E-state index contributed by atoms with van der Waals surface area (Å²) in [6, 6.07) is 6.14. The summed E-state index contributed by atoms with van der Waals surface area (Å²) in [7, 11) is 0. The van der Waals surface area contributed by atoms with Crippen LogP contribution in [0.2, 0.25) is 0 Å². The van der Waals surface area contributed by atoms with E-state index in [2.05, 4.69) is 15.2 Å². The molecule has 1 aromatic heterocycles. The number of hydrogen-bond donors (Lipinski definition) is 2. The van der Waals surface area contributed by atoms with Crippen LogP contribution in [0.1, 0.15) is 31.9 Å². The van der Waals surface area contributed by atoms with Crippen LogP contribution in [0.4, 0.5) is 0 Å². The van der Waals surface area contributed by atoms with Crippen LogP contribution in [0.15, 0.2) is 24.4 Å². The first-order valence-corrected chi connectivity index (χ1v) is 8.10. The Labute approximate surface area is 137 Å². The van der Waals surface area contributed by atoms with E-state index >= 15 is 0 Å². The third-order valence-electron chi connectivity index (χ3n) is 4.19. The quantitative estimate of drug-likeness (QED) is 0.781. The summed E-state index contributed by atoms with van der Waals surface area (Å²) in [5.41, 5.74) is 6.26. The predicted molar refractivity (Wildman–Crippen MR) is 88.0 cm³/mol. The second-order valence-corrected chi connectivity index (χ2v) is 6.12. The van der Waals surface area contributed by atoms with Crippen LogP contribution in [-0.2, 0) is 16.1 Å². The van der Waals surface area contributed by atoms with Crippen LogP contribution in [-0.4, -0.2) is 40.8 Å². The molecule has 0 aliphatic carbocycles. The number of carbonyl (C=O) groups excluding carboxylic acids is 2. The number of primary amides is 1. The summed E-state index contributed by atoms with van der Waals surface area (Å²) in [4.78, 5) is 29.5. The maximum atomic E-state index is 11.9. The molecule has 125 valence electrons. The van der Waals surface area contributed by atoms with Gasteiger partial charge in [0, 0.05) is 37.8 Å². The average molecular weight is 317 g/mol. The Morgan fingerprint density at radius 1 is 1.43 bits per heavy atom. The topological polar surface area (TPSA) is 88.3 Å². The molecular weight excluding hydrogens is 292 g/mol. The van der Waals surface area contributed by atoms with Crippen LogP contribution in [0, 0.1) is 12.3 Å². The lowest BCUT2D eigenvalue weighted by atomic mass is 10.0. The zero-order valence-electron chi connectivity index (χ0n) is 13.6. The number of carbonyl (C=O) groups is 2. The lowest BCUT2D eigenvalue weighted by Crippen LogP contribution is -2.44. The highest BCUT2D eigenvalue weighted by Crippen LogP contribution is 2.13. The van der Waals surface area contributed by atoms with E-state index in [0.29, 0.717) is 6.42 Å². The van der Waals surface area contributed by atoms with Crippen molar-refractivity contribution in [3.8, 4) is 0 Å². The van der Waals surface area contributed by atoms with Gasteiger partial charge >= 0.3 is 0 Å². The fourth-order valence-electron chi connectivity index (χ4n) is 2.62. The minimum absolute atomic E-state index is 0.110. The zero-order valence-corrected chi connectivity index (χ0v) is 13.6. The molecule has 0 spiro atoms. The van der Waals surface area contributed by atoms with Crippen molar-refractivity contribution in [3.05, 3.63) is 36.5 Å². The fraction of sp³-hybridized carbons (Fsp3) is 0.529. The number of piperidine rings is 1. The van der Waals surface area contributed by atoms with Crippen molar-refractivity contribution in [3.63, 3.8) is 0 Å². The van der Waals surface area contributed by atoms with E-state index in [1.165, 1.54) is 6.42 Å². The Morgan fingerprint density at radius 2 is 2.17 bits per heavy atom. The monoisotopic (exact) mass is 317 g/mol. The van der Waals surface area contributed by atoms with Crippen molar-refractivity contribution in [1.29, 1.82) is 0 Å². The van der Waals surface area contributed by atoms with Gasteiger partial charge in [-0.25, -0.2) is 0 Å². The summed E-state index contributed by atoms with van der Waals surface area (Å²) in [5.74, 6) is -0.792. The molecule has 0 unspecified atom stereocenters. The number of likely N-dealkylation sites (tertiary alicyclic amines) is 1. The van der Waals surface area contributed by atoms with Crippen molar-refractivity contribution < 1.29 is 9.59 Å². The van der Waals surface area contributed by atoms with Gasteiger partial charge in [0.05, 0.1) is 12.1 Å². The van der Waals surface area contributed by atoms with E-state index in [0.717, 1.165) is 38.2 Å². The van der Waals surface area contributed by atoms with Gasteiger partial charge in [-0.15, -0.1) is 0 Å². The molecule has 1 fully saturated rings. The predicted octanol–water partition coefficient (Wildman–Crippen LogP) is 0.878. The number of amides is 2. The van der Waals surface area contributed by atoms with Crippen molar-refractivity contribution in [2.24, 2.45) is 11.7 Å². The second kappa shape index (κ2) is 8.62. The molecule has 1 aliphatic heterocycles. The molecular formula is C17H25N4O2. The molecule has 2 amide bonds. The molecule has 0 bridgehead atoms. The number of aromatic nitrogens is 1. The Hall–Kier alpha value is -1.95. The van der Waals surface area contributed by atoms with Crippen molar-refractivity contribution >= 4 is 11.8 Å². The van der Waals surface area contributed by atoms with Gasteiger partial charge in [-0.3, -0.25) is 19.5 Å². The molecule has 2 heterocycles. The van der Waals surface area contributed by atoms with Gasteiger partial charge in [0.2, 0.25) is 11.8 Å². The summed E-state index contributed by atoms with van der Waals surface area (Å²) in [5, 5.41) is 3.01. The van der Waals surface area contributed by atoms with Crippen molar-refractivity contribution in [2.75, 3.05) is 13.1 Å². The number of rotatable bonds is 7. The standard InChI is InChI=1S/C17H25N4O2/c1-13(17(18)23)5-6-16(22)20-14-7-10-21(11-8-14)12-15-4-2-3-9-19-15/h2-4,6,9,13-14H,5,7-8,10-12H2,1H3,(H2,18,23)(H,20,22)/t13-/m0/s1. The molecule has 1 saturated heterocycles. The van der Waals surface area contributed by atoms with E-state index in [-0.39, 0.29) is 23.8 Å². The van der Waals surface area contributed by atoms with Gasteiger partial charge in [-0.1, -0.05) is 13.0 Å². The summed E-state index contributed by atoms with van der Waals surface area (Å²) < 4.78 is 0. The molecule has 6 nitrogen and oxygen atoms in total. The zero-order chi connectivity index (χ0) is 16.7. The highest BCUT2D eigenvalue weighted by molar-refractivity contribution is 5.86. The number of pyridine rings is 1. The van der Waals surface area contributed by atoms with Crippen LogP contribution in [0.5, 0.6) is 0 Å². The van der Waals surface area contributed by atoms with E-state index in [1.54, 1.807) is 6.92 Å². The molecule has 6 heteroatoms. The first-order chi connectivity index (χ1) is 11.0. The molecule has 2 rings (SSSR count). The largest absolute Gasteiger partial charge is 0.369 e. The van der Waals surface area contributed by atoms with Crippen LogP contribution >= 0.6 is 0 Å². The van der Waals surface area contributed by atoms with E-state index < -0.39 is 0 Å². The Kier molecular flexibility index (Phi) is 6.52. The minimum Gasteiger partial charge on any atom is -0.369 e. The Bertz CT molecular complexity index is 513. The lowest BCUT2D eigenvalue weighted by Gasteiger charge is -2.32. The van der Waals surface area contributed by atoms with Gasteiger partial charge in [0.25, 0.3) is 0 Å². The fourth-order valence-corrected chi connectivity index (χ4v) is 2.62. The molecule has 3 N–H and O–H groups in total. The summed E-state index contributed by atoms with van der Waals surface area (Å²) in [6.07, 6.45) is 5.58. The average Bonchev–Trinajstić information content (AvgIpc) is 2.55. The molecule has 0 aromatic carbocycles. The van der Waals surface area contributed by atoms with E-state index in [4.69, 9.17) is 5.73 Å². The molecule has 23 heavy (non-hydrogen) atoms. The SMILES string of the molecule is C[C@@H](C[CH]C(=O)NC1CCN(Cc2ccccn2)CC1)C(N)=O. The van der Waals surface area contributed by atoms with Gasteiger partial charge < -0.3 is 11.1 Å². The van der Waals surface area contributed by atoms with Crippen molar-refractivity contribution in [2.45, 2.75) is 38.8 Å². The van der Waals surface area contributed by atoms with E-state index in [1.807, 2.05) is 24.4 Å². The third kappa shape index (κ3) is 5.98. The number of nitrogens with zero attached hydrogens (tertiary/aromatic N) is 2. The number of hydrogen-bond acceptors (Lipinski definition) is 4. The molecule has 1 aromatic rings. The first kappa shape index (κ1) is 17.4. The lowest BCUT2D eigenvalue weighted by molar-refractivity contribution is -0.121. The third-order valence-corrected chi connectivity index (χ3v) is 4.19. The summed E-state index contributed by atoms with van der Waals surface area (Å²) >= 11 is 0. The van der Waals surface area contributed by atoms with Gasteiger partial charge in [-0.2, -0.15) is 0 Å². The minimum atomic E-state index is -0.378. The van der Waals surface area contributed by atoms with Crippen molar-refractivity contribution in [1.82, 2.24) is 15.2 Å². The molecule has 1 aliphatic rings. The number of nitrogens with one attached hydrogen (secondary N) is 1. The van der Waals surface area contributed by atoms with Crippen LogP contribution in [0.25, 0.3) is 0 Å². The maximum Gasteiger partial charge on any atom is 0.224 e. The normalized spacial score (nSPS) is 17.6. The van der Waals surface area contributed by atoms with Gasteiger partial charge in [-0.05, 0) is 31.4 Å². The molecule has 1 radical (unpaired) electrons. The Balaban J connectivity index is 1.66. The molecule has 0 saturated carbocycles. The maximum absolute atomic E-state index is 11.9. The molecule has 1 atom stereocenters. The highest BCUT2D eigenvalue weighted by Gasteiger charge is 2.21. The Morgan fingerprint density at radius 3 is 2.78 bits per heavy atom. The summed E-state index contributed by atoms with van der Waals surface area (Å²) in [6.45, 7) is 4.46. The first-order valence-electron chi connectivity index (χ1n) is 8.10. The number of nitrogens with two attached hydrogens (primary N) is 1. The second-order valence-electron chi connectivity index (χ2n) is 6.12. The smallest absolute Gasteiger partial charge is 0.224 e. The van der Waals surface area contributed by atoms with Crippen LogP contribution in [0.3, 0.4) is 0 Å². The van der Waals surface area contributed by atoms with Gasteiger partial charge in [0.15, 0.2) is 0 Å². The van der Waals surface area contributed by atoms with Crippen LogP contribution < -0.4 is 11.1 Å².